The van der Waals surface area contributed by atoms with Crippen molar-refractivity contribution in [1.82, 2.24) is 49.5 Å². The smallest absolute Gasteiger partial charge is 0.197 e. The van der Waals surface area contributed by atoms with Gasteiger partial charge in [0.05, 0.1) is 49.9 Å². The van der Waals surface area contributed by atoms with E-state index in [9.17, 15) is 0 Å². The first-order valence-electron chi connectivity index (χ1n) is 38.3. The Bertz CT molecular complexity index is 2520. The Kier molecular flexibility index (Phi) is 39.2. The summed E-state index contributed by atoms with van der Waals surface area (Å²) in [7, 11) is 0. The average Bonchev–Trinajstić information content (AvgIpc) is 1.80. The molecule has 7 rings (SSSR count). The first-order valence-corrected chi connectivity index (χ1v) is 39.9. The van der Waals surface area contributed by atoms with Crippen molar-refractivity contribution in [3.63, 3.8) is 0 Å². The van der Waals surface area contributed by atoms with E-state index in [4.69, 9.17) is 18.8 Å². The number of hydrogen-bond acceptors (Lipinski definition) is 11. The number of hydrogen-bond donors (Lipinski definition) is 1. The zero-order valence-corrected chi connectivity index (χ0v) is 72.6. The minimum absolute atomic E-state index is 0.375. The number of imidazole rings is 1. The molecule has 0 saturated heterocycles. The fourth-order valence-corrected chi connectivity index (χ4v) is 12.9. The molecule has 0 bridgehead atoms. The molecule has 7 aromatic rings. The van der Waals surface area contributed by atoms with Crippen LogP contribution in [0.5, 0.6) is 0 Å². The molecular formula is C84H150N10O2S2. The second kappa shape index (κ2) is 42.0. The molecule has 14 heteroatoms. The summed E-state index contributed by atoms with van der Waals surface area (Å²) in [4.78, 5) is 29.7. The van der Waals surface area contributed by atoms with E-state index in [1.807, 2.05) is 22.7 Å². The zero-order chi connectivity index (χ0) is 76.1. The Morgan fingerprint density at radius 2 is 0.571 bits per heavy atom. The first kappa shape index (κ1) is 91.3. The van der Waals surface area contributed by atoms with Gasteiger partial charge in [0.25, 0.3) is 0 Å². The van der Waals surface area contributed by atoms with E-state index >= 15 is 0 Å². The lowest BCUT2D eigenvalue weighted by Gasteiger charge is -2.07. The van der Waals surface area contributed by atoms with Crippen LogP contribution < -0.4 is 0 Å². The molecule has 98 heavy (non-hydrogen) atoms. The third-order valence-electron chi connectivity index (χ3n) is 16.5. The van der Waals surface area contributed by atoms with Gasteiger partial charge in [-0.2, -0.15) is 10.2 Å². The van der Waals surface area contributed by atoms with E-state index in [1.165, 1.54) is 65.1 Å². The normalized spacial score (nSPS) is 12.1. The lowest BCUT2D eigenvalue weighted by molar-refractivity contribution is 0.420. The SMILES string of the molecule is CC(C)c1cn(C(C)C)nc1C(C)C.CC(C)c1cn(C(C)C)nc1C(C)C.CC(C)c1nc(C(C)C)c(C(C)C)[nH]1.CC(C)c1nc(C(C)C)c(C(C)C)o1.CC(C)c1nc(C(C)C)c(C(C)C)o1.CC(C)c1nc(C(C)C)c(C(C)C)s1.CC(C)c1nc(C(C)C)c(C(C)C)s1. The Hall–Kier alpha value is -4.69. The molecule has 0 saturated carbocycles. The highest BCUT2D eigenvalue weighted by Crippen LogP contribution is 2.37. The fourth-order valence-electron chi connectivity index (χ4n) is 10.5. The van der Waals surface area contributed by atoms with Gasteiger partial charge in [0.15, 0.2) is 11.8 Å². The fraction of sp³-hybridized carbons (Fsp3) is 0.750. The lowest BCUT2D eigenvalue weighted by Crippen LogP contribution is -2.02. The van der Waals surface area contributed by atoms with Crippen molar-refractivity contribution in [2.75, 3.05) is 0 Å². The molecule has 0 atom stereocenters. The van der Waals surface area contributed by atoms with Crippen molar-refractivity contribution >= 4 is 22.7 Å². The molecule has 12 nitrogen and oxygen atoms in total. The molecule has 0 fully saturated rings. The van der Waals surface area contributed by atoms with E-state index in [0.717, 1.165) is 40.5 Å². The highest BCUT2D eigenvalue weighted by atomic mass is 32.1. The predicted molar refractivity (Wildman–Crippen MR) is 429 cm³/mol. The molecule has 0 aromatic carbocycles. The maximum Gasteiger partial charge on any atom is 0.197 e. The third-order valence-corrected chi connectivity index (χ3v) is 19.8. The molecule has 0 aliphatic carbocycles. The molecule has 0 aliphatic rings. The van der Waals surface area contributed by atoms with Gasteiger partial charge >= 0.3 is 0 Å². The van der Waals surface area contributed by atoms with Crippen molar-refractivity contribution in [2.45, 2.75) is 415 Å². The summed E-state index contributed by atoms with van der Waals surface area (Å²) in [5, 5.41) is 11.9. The Balaban J connectivity index is 0.000000572. The maximum atomic E-state index is 5.79. The van der Waals surface area contributed by atoms with Crippen molar-refractivity contribution in [2.24, 2.45) is 0 Å². The van der Waals surface area contributed by atoms with Crippen LogP contribution in [0.25, 0.3) is 0 Å². The summed E-state index contributed by atoms with van der Waals surface area (Å²) in [6.45, 7) is 92.1. The Labute approximate surface area is 610 Å². The number of H-pyrrole nitrogens is 1. The van der Waals surface area contributed by atoms with Gasteiger partial charge in [0.2, 0.25) is 0 Å². The number of aromatic nitrogens is 10. The largest absolute Gasteiger partial charge is 0.445 e. The average molecular weight is 1400 g/mol. The molecule has 7 heterocycles. The first-order chi connectivity index (χ1) is 45.0. The Morgan fingerprint density at radius 1 is 0.276 bits per heavy atom. The van der Waals surface area contributed by atoms with E-state index < -0.39 is 0 Å². The van der Waals surface area contributed by atoms with Gasteiger partial charge in [-0.3, -0.25) is 9.36 Å². The van der Waals surface area contributed by atoms with Gasteiger partial charge < -0.3 is 13.8 Å². The number of nitrogens with one attached hydrogen (secondary N) is 1. The summed E-state index contributed by atoms with van der Waals surface area (Å²) < 4.78 is 15.7. The number of nitrogens with zero attached hydrogens (tertiary/aromatic N) is 9. The maximum absolute atomic E-state index is 5.79. The van der Waals surface area contributed by atoms with Crippen molar-refractivity contribution < 1.29 is 8.83 Å². The Morgan fingerprint density at radius 3 is 0.735 bits per heavy atom. The monoisotopic (exact) mass is 1400 g/mol. The third kappa shape index (κ3) is 27.9. The molecule has 0 aliphatic heterocycles. The predicted octanol–water partition coefficient (Wildman–Crippen LogP) is 28.3. The van der Waals surface area contributed by atoms with Crippen molar-refractivity contribution in [3.8, 4) is 0 Å². The summed E-state index contributed by atoms with van der Waals surface area (Å²) in [6.07, 6.45) is 4.40. The van der Waals surface area contributed by atoms with Gasteiger partial charge in [0.1, 0.15) is 17.3 Å². The van der Waals surface area contributed by atoms with Crippen LogP contribution in [0.15, 0.2) is 21.2 Å². The van der Waals surface area contributed by atoms with Crippen molar-refractivity contribution in [1.29, 1.82) is 0 Å². The van der Waals surface area contributed by atoms with Crippen LogP contribution in [-0.4, -0.2) is 49.5 Å². The zero-order valence-electron chi connectivity index (χ0n) is 70.9. The number of oxazole rings is 2. The van der Waals surface area contributed by atoms with Gasteiger partial charge in [-0.25, -0.2) is 24.9 Å². The minimum Gasteiger partial charge on any atom is -0.445 e. The summed E-state index contributed by atoms with van der Waals surface area (Å²) >= 11 is 3.79. The molecular weight excluding hydrogens is 1250 g/mol. The summed E-state index contributed by atoms with van der Waals surface area (Å²) in [5.74, 6) is 14.6. The van der Waals surface area contributed by atoms with Gasteiger partial charge in [-0.1, -0.05) is 263 Å². The highest BCUT2D eigenvalue weighted by molar-refractivity contribution is 7.12. The molecule has 0 radical (unpaired) electrons. The van der Waals surface area contributed by atoms with Gasteiger partial charge in [0, 0.05) is 81.4 Å². The lowest BCUT2D eigenvalue weighted by atomic mass is 9.98. The number of rotatable bonds is 21. The second-order valence-electron chi connectivity index (χ2n) is 33.7. The van der Waals surface area contributed by atoms with Gasteiger partial charge in [-0.15, -0.1) is 22.7 Å². The van der Waals surface area contributed by atoms with Crippen molar-refractivity contribution in [3.05, 3.63) is 118 Å². The standard InChI is InChI=1S/3C12H22N2.2C12H21NO.2C12H21NS/c2*1-8(2)11-7-14(10(5)6)13-12(11)9(3)4;5*1-7(2)10-11(8(3)4)14-12(13-10)9(5)6/h2*7-10H,1-6H3;7-9H,1-6H3,(H,13,14);4*7-9H,1-6H3. The highest BCUT2D eigenvalue weighted by Gasteiger charge is 2.24. The summed E-state index contributed by atoms with van der Waals surface area (Å²) in [6, 6.07) is 0.917. The van der Waals surface area contributed by atoms with Crippen LogP contribution in [0.2, 0.25) is 0 Å². The van der Waals surface area contributed by atoms with E-state index in [2.05, 4.69) is 343 Å². The summed E-state index contributed by atoms with van der Waals surface area (Å²) in [5.41, 5.74) is 12.7. The topological polar surface area (TPSA) is 142 Å². The van der Waals surface area contributed by atoms with Crippen LogP contribution in [-0.2, 0) is 0 Å². The van der Waals surface area contributed by atoms with Crippen LogP contribution >= 0.6 is 22.7 Å². The van der Waals surface area contributed by atoms with Crippen LogP contribution in [0.1, 0.15) is 521 Å². The molecule has 0 spiro atoms. The number of aromatic amines is 1. The van der Waals surface area contributed by atoms with E-state index in [0.29, 0.717) is 125 Å². The molecule has 0 unspecified atom stereocenters. The molecule has 1 N–H and O–H groups in total. The molecule has 0 amide bonds. The minimum atomic E-state index is 0.375. The molecule has 7 aromatic heterocycles. The molecule has 560 valence electrons. The van der Waals surface area contributed by atoms with Crippen LogP contribution in [0.4, 0.5) is 0 Å². The quantitative estimate of drug-likeness (QED) is 0.0744. The van der Waals surface area contributed by atoms with E-state index in [1.54, 1.807) is 0 Å². The van der Waals surface area contributed by atoms with Gasteiger partial charge in [-0.05, 0) is 110 Å². The second-order valence-corrected chi connectivity index (χ2v) is 35.8. The van der Waals surface area contributed by atoms with Crippen LogP contribution in [0.3, 0.4) is 0 Å². The number of thiazole rings is 2. The van der Waals surface area contributed by atoms with Crippen LogP contribution in [0, 0.1) is 0 Å². The van der Waals surface area contributed by atoms with E-state index in [-0.39, 0.29) is 0 Å².